The lowest BCUT2D eigenvalue weighted by Crippen LogP contribution is -3.15. The van der Waals surface area contributed by atoms with Crippen molar-refractivity contribution in [1.82, 2.24) is 4.90 Å². The van der Waals surface area contributed by atoms with Crippen LogP contribution in [0, 0.1) is 6.92 Å². The van der Waals surface area contributed by atoms with E-state index in [0.717, 1.165) is 49.1 Å². The number of piperazine rings is 1. The Labute approximate surface area is 147 Å². The third-order valence-corrected chi connectivity index (χ3v) is 5.99. The normalized spacial score (nSPS) is 22.0. The van der Waals surface area contributed by atoms with Gasteiger partial charge < -0.3 is 14.5 Å². The number of hydrogen-bond donors (Lipinski definition) is 1. The van der Waals surface area contributed by atoms with Crippen molar-refractivity contribution in [2.75, 3.05) is 39.3 Å². The lowest BCUT2D eigenvalue weighted by atomic mass is 10.1. The molecule has 2 saturated heterocycles. The Bertz CT molecular complexity index is 573. The second-order valence-electron chi connectivity index (χ2n) is 6.80. The van der Waals surface area contributed by atoms with Crippen molar-refractivity contribution in [2.24, 2.45) is 0 Å². The standard InChI is InChI=1S/C18H26N2O3S/c1-14-4-6-17(24-14)16(21)5-7-18(22)20-10-8-19(9-11-20)13-15-3-2-12-23-15/h4,6,15H,2-3,5,7-13H2,1H3/p+1/t15-/m0/s1. The van der Waals surface area contributed by atoms with Crippen LogP contribution in [0.15, 0.2) is 12.1 Å². The number of quaternary nitrogens is 1. The van der Waals surface area contributed by atoms with Crippen LogP contribution in [-0.4, -0.2) is 62.0 Å². The summed E-state index contributed by atoms with van der Waals surface area (Å²) >= 11 is 1.51. The highest BCUT2D eigenvalue weighted by Gasteiger charge is 2.27. The van der Waals surface area contributed by atoms with Gasteiger partial charge in [-0.05, 0) is 31.9 Å². The third kappa shape index (κ3) is 4.65. The first-order valence-corrected chi connectivity index (χ1v) is 9.76. The number of nitrogens with zero attached hydrogens (tertiary/aromatic N) is 1. The summed E-state index contributed by atoms with van der Waals surface area (Å²) in [6, 6.07) is 3.82. The number of amides is 1. The number of ether oxygens (including phenoxy) is 1. The van der Waals surface area contributed by atoms with Gasteiger partial charge in [0.2, 0.25) is 5.91 Å². The predicted molar refractivity (Wildman–Crippen MR) is 93.7 cm³/mol. The number of carbonyl (C=O) groups excluding carboxylic acids is 2. The highest BCUT2D eigenvalue weighted by Crippen LogP contribution is 2.17. The van der Waals surface area contributed by atoms with E-state index in [1.54, 1.807) is 0 Å². The van der Waals surface area contributed by atoms with Crippen molar-refractivity contribution < 1.29 is 19.2 Å². The average molecular weight is 351 g/mol. The van der Waals surface area contributed by atoms with Gasteiger partial charge in [0.05, 0.1) is 31.1 Å². The van der Waals surface area contributed by atoms with Gasteiger partial charge in [-0.3, -0.25) is 9.59 Å². The zero-order chi connectivity index (χ0) is 16.9. The molecule has 0 aliphatic carbocycles. The summed E-state index contributed by atoms with van der Waals surface area (Å²) in [4.78, 5) is 29.8. The van der Waals surface area contributed by atoms with Crippen molar-refractivity contribution >= 4 is 23.0 Å². The van der Waals surface area contributed by atoms with E-state index in [-0.39, 0.29) is 11.7 Å². The Balaban J connectivity index is 1.38. The first kappa shape index (κ1) is 17.6. The van der Waals surface area contributed by atoms with Crippen LogP contribution < -0.4 is 4.90 Å². The van der Waals surface area contributed by atoms with Gasteiger partial charge in [0, 0.05) is 24.3 Å². The molecule has 1 amide bonds. The molecule has 24 heavy (non-hydrogen) atoms. The molecule has 1 aromatic rings. The molecule has 2 aliphatic heterocycles. The van der Waals surface area contributed by atoms with Gasteiger partial charge >= 0.3 is 0 Å². The smallest absolute Gasteiger partial charge is 0.223 e. The van der Waals surface area contributed by atoms with Crippen LogP contribution in [0.3, 0.4) is 0 Å². The van der Waals surface area contributed by atoms with Gasteiger partial charge in [-0.25, -0.2) is 0 Å². The Kier molecular flexibility index (Phi) is 6.03. The maximum atomic E-state index is 12.3. The molecule has 0 aromatic carbocycles. The van der Waals surface area contributed by atoms with Crippen LogP contribution in [0.2, 0.25) is 0 Å². The van der Waals surface area contributed by atoms with E-state index in [0.29, 0.717) is 18.9 Å². The van der Waals surface area contributed by atoms with Crippen LogP contribution in [0.1, 0.15) is 40.2 Å². The second-order valence-corrected chi connectivity index (χ2v) is 8.09. The fourth-order valence-electron chi connectivity index (χ4n) is 3.49. The monoisotopic (exact) mass is 351 g/mol. The summed E-state index contributed by atoms with van der Waals surface area (Å²) in [6.45, 7) is 7.54. The van der Waals surface area contributed by atoms with Gasteiger partial charge in [0.1, 0.15) is 12.6 Å². The van der Waals surface area contributed by atoms with E-state index in [4.69, 9.17) is 4.74 Å². The number of aryl methyl sites for hydroxylation is 1. The van der Waals surface area contributed by atoms with E-state index in [1.165, 1.54) is 29.1 Å². The molecule has 1 N–H and O–H groups in total. The molecule has 0 spiro atoms. The van der Waals surface area contributed by atoms with E-state index in [1.807, 2.05) is 24.0 Å². The van der Waals surface area contributed by atoms with Crippen molar-refractivity contribution in [3.05, 3.63) is 21.9 Å². The lowest BCUT2D eigenvalue weighted by molar-refractivity contribution is -0.906. The third-order valence-electron chi connectivity index (χ3n) is 4.94. The Hall–Kier alpha value is -1.24. The molecule has 3 rings (SSSR count). The summed E-state index contributed by atoms with van der Waals surface area (Å²) in [5, 5.41) is 0. The number of hydrogen-bond acceptors (Lipinski definition) is 4. The molecule has 5 nitrogen and oxygen atoms in total. The molecule has 0 unspecified atom stereocenters. The van der Waals surface area contributed by atoms with E-state index in [2.05, 4.69) is 0 Å². The molecule has 1 aromatic heterocycles. The molecule has 0 radical (unpaired) electrons. The van der Waals surface area contributed by atoms with Crippen LogP contribution in [-0.2, 0) is 9.53 Å². The van der Waals surface area contributed by atoms with Crippen LogP contribution in [0.5, 0.6) is 0 Å². The summed E-state index contributed by atoms with van der Waals surface area (Å²) < 4.78 is 5.70. The molecule has 0 bridgehead atoms. The number of carbonyl (C=O) groups is 2. The SMILES string of the molecule is Cc1ccc(C(=O)CCC(=O)N2CC[NH+](C[C@@H]3CCCO3)CC2)s1. The fourth-order valence-corrected chi connectivity index (χ4v) is 4.32. The Morgan fingerprint density at radius 2 is 2.08 bits per heavy atom. The highest BCUT2D eigenvalue weighted by atomic mass is 32.1. The van der Waals surface area contributed by atoms with E-state index >= 15 is 0 Å². The molecule has 1 atom stereocenters. The van der Waals surface area contributed by atoms with Crippen LogP contribution >= 0.6 is 11.3 Å². The number of rotatable bonds is 6. The molecular formula is C18H27N2O3S+. The molecule has 0 saturated carbocycles. The topological polar surface area (TPSA) is 51.0 Å². The first-order chi connectivity index (χ1) is 11.6. The summed E-state index contributed by atoms with van der Waals surface area (Å²) in [7, 11) is 0. The van der Waals surface area contributed by atoms with Gasteiger partial charge in [-0.2, -0.15) is 0 Å². The van der Waals surface area contributed by atoms with Crippen LogP contribution in [0.4, 0.5) is 0 Å². The minimum Gasteiger partial charge on any atom is -0.372 e. The zero-order valence-electron chi connectivity index (χ0n) is 14.4. The maximum absolute atomic E-state index is 12.3. The molecule has 2 fully saturated rings. The van der Waals surface area contributed by atoms with Gasteiger partial charge in [-0.15, -0.1) is 11.3 Å². The second kappa shape index (κ2) is 8.23. The van der Waals surface area contributed by atoms with E-state index in [9.17, 15) is 9.59 Å². The minimum atomic E-state index is 0.0871. The van der Waals surface area contributed by atoms with Crippen molar-refractivity contribution in [1.29, 1.82) is 0 Å². The Morgan fingerprint density at radius 3 is 2.71 bits per heavy atom. The number of Topliss-reactive ketones (excluding diaryl/α,β-unsaturated/α-hetero) is 1. The number of nitrogens with one attached hydrogen (secondary N) is 1. The van der Waals surface area contributed by atoms with Crippen molar-refractivity contribution in [2.45, 2.75) is 38.7 Å². The minimum absolute atomic E-state index is 0.0871. The quantitative estimate of drug-likeness (QED) is 0.776. The summed E-state index contributed by atoms with van der Waals surface area (Å²) in [6.07, 6.45) is 3.42. The maximum Gasteiger partial charge on any atom is 0.223 e. The van der Waals surface area contributed by atoms with Gasteiger partial charge in [-0.1, -0.05) is 0 Å². The molecular weight excluding hydrogens is 324 g/mol. The first-order valence-electron chi connectivity index (χ1n) is 8.94. The molecule has 3 heterocycles. The lowest BCUT2D eigenvalue weighted by Gasteiger charge is -2.33. The summed E-state index contributed by atoms with van der Waals surface area (Å²) in [5.74, 6) is 0.205. The number of thiophene rings is 1. The zero-order valence-corrected chi connectivity index (χ0v) is 15.2. The van der Waals surface area contributed by atoms with E-state index < -0.39 is 0 Å². The fraction of sp³-hybridized carbons (Fsp3) is 0.667. The van der Waals surface area contributed by atoms with Gasteiger partial charge in [0.15, 0.2) is 5.78 Å². The average Bonchev–Trinajstić information content (AvgIpc) is 3.24. The summed E-state index contributed by atoms with van der Waals surface area (Å²) in [5.41, 5.74) is 0. The molecule has 2 aliphatic rings. The Morgan fingerprint density at radius 1 is 1.29 bits per heavy atom. The largest absolute Gasteiger partial charge is 0.372 e. The molecule has 132 valence electrons. The van der Waals surface area contributed by atoms with Crippen LogP contribution in [0.25, 0.3) is 0 Å². The highest BCUT2D eigenvalue weighted by molar-refractivity contribution is 7.14. The number of ketones is 1. The van der Waals surface area contributed by atoms with Crippen molar-refractivity contribution in [3.8, 4) is 0 Å². The van der Waals surface area contributed by atoms with Gasteiger partial charge in [0.25, 0.3) is 0 Å². The molecule has 6 heteroatoms. The predicted octanol–water partition coefficient (Wildman–Crippen LogP) is 0.926. The van der Waals surface area contributed by atoms with Crippen molar-refractivity contribution in [3.63, 3.8) is 0 Å².